The van der Waals surface area contributed by atoms with Crippen molar-refractivity contribution in [3.05, 3.63) is 64.3 Å². The van der Waals surface area contributed by atoms with Crippen LogP contribution in [0.3, 0.4) is 0 Å². The van der Waals surface area contributed by atoms with Gasteiger partial charge in [0.15, 0.2) is 5.65 Å². The smallest absolute Gasteiger partial charge is 0.249 e. The van der Waals surface area contributed by atoms with E-state index in [1.165, 1.54) is 3.97 Å². The molecule has 0 saturated carbocycles. The Balaban J connectivity index is 1.54. The zero-order valence-electron chi connectivity index (χ0n) is 17.2. The van der Waals surface area contributed by atoms with Gasteiger partial charge in [0.1, 0.15) is 4.75 Å². The Morgan fingerprint density at radius 1 is 1.26 bits per heavy atom. The number of piperidine rings is 1. The first kappa shape index (κ1) is 20.9. The molecule has 0 aromatic carbocycles. The highest BCUT2D eigenvalue weighted by molar-refractivity contribution is 14.1. The lowest BCUT2D eigenvalue weighted by molar-refractivity contribution is 0.343. The Hall–Kier alpha value is -1.98. The van der Waals surface area contributed by atoms with E-state index in [1.54, 1.807) is 25.4 Å². The summed E-state index contributed by atoms with van der Waals surface area (Å²) >= 11 is 2.25. The number of hydrogen-bond donors (Lipinski definition) is 1. The zero-order chi connectivity index (χ0) is 21.6. The van der Waals surface area contributed by atoms with E-state index in [4.69, 9.17) is 0 Å². The number of rotatable bonds is 4. The molecule has 0 amide bonds. The molecule has 0 bridgehead atoms. The lowest BCUT2D eigenvalue weighted by Gasteiger charge is -2.30. The second-order valence-electron chi connectivity index (χ2n) is 8.40. The fraction of sp³-hybridized carbons (Fsp3) is 0.364. The van der Waals surface area contributed by atoms with Crippen molar-refractivity contribution >= 4 is 49.2 Å². The quantitative estimate of drug-likeness (QED) is 0.500. The van der Waals surface area contributed by atoms with Crippen LogP contribution in [0, 0.1) is 0 Å². The Labute approximate surface area is 195 Å². The summed E-state index contributed by atoms with van der Waals surface area (Å²) in [6.07, 6.45) is 13.6. The van der Waals surface area contributed by atoms with E-state index in [0.717, 1.165) is 46.0 Å². The molecule has 4 heterocycles. The fourth-order valence-electron chi connectivity index (χ4n) is 4.43. The van der Waals surface area contributed by atoms with Crippen molar-refractivity contribution in [1.29, 1.82) is 0 Å². The van der Waals surface area contributed by atoms with Gasteiger partial charge in [-0.2, -0.15) is 5.10 Å². The first-order valence-electron chi connectivity index (χ1n) is 10.4. The number of hydrogen-bond acceptors (Lipinski definition) is 5. The maximum atomic E-state index is 13.8. The highest BCUT2D eigenvalue weighted by Crippen LogP contribution is 2.40. The molecule has 9 heteroatoms. The highest BCUT2D eigenvalue weighted by Gasteiger charge is 2.42. The van der Waals surface area contributed by atoms with Crippen molar-refractivity contribution in [3.8, 4) is 0 Å². The first-order valence-corrected chi connectivity index (χ1v) is 12.9. The van der Waals surface area contributed by atoms with Crippen molar-refractivity contribution in [2.45, 2.75) is 37.0 Å². The van der Waals surface area contributed by atoms with E-state index in [1.807, 2.05) is 35.3 Å². The SMILES string of the molecule is CC1(S(=O)(=O)n2ccc3cccnc32)C=C(c2cnn(C3CCNCC3)c2)C=C(I)C1. The lowest BCUT2D eigenvalue weighted by Crippen LogP contribution is -2.39. The third-order valence-electron chi connectivity index (χ3n) is 6.17. The molecule has 7 nitrogen and oxygen atoms in total. The Morgan fingerprint density at radius 2 is 2.06 bits per heavy atom. The first-order chi connectivity index (χ1) is 14.9. The molecular weight excluding hydrogens is 525 g/mol. The van der Waals surface area contributed by atoms with Crippen LogP contribution in [0.15, 0.2) is 58.7 Å². The standard InChI is InChI=1S/C22H24IN5O2S/c1-22(31(29,30)28-10-6-16-3-2-7-25-21(16)28)12-17(11-19(23)13-22)18-14-26-27(15-18)20-4-8-24-9-5-20/h2-3,6-7,10-12,14-15,20,24H,4-5,8-9,13H2,1H3. The van der Waals surface area contributed by atoms with Gasteiger partial charge in [-0.15, -0.1) is 0 Å². The molecule has 162 valence electrons. The molecule has 2 aliphatic rings. The molecule has 5 rings (SSSR count). The molecule has 0 radical (unpaired) electrons. The van der Waals surface area contributed by atoms with Gasteiger partial charge in [-0.05, 0) is 88.9 Å². The largest absolute Gasteiger partial charge is 0.317 e. The Morgan fingerprint density at radius 3 is 2.87 bits per heavy atom. The molecule has 1 aliphatic carbocycles. The fourth-order valence-corrected chi connectivity index (χ4v) is 7.48. The van der Waals surface area contributed by atoms with Gasteiger partial charge < -0.3 is 5.32 Å². The van der Waals surface area contributed by atoms with Gasteiger partial charge in [-0.3, -0.25) is 4.68 Å². The van der Waals surface area contributed by atoms with Gasteiger partial charge in [0.25, 0.3) is 0 Å². The molecule has 3 aromatic heterocycles. The van der Waals surface area contributed by atoms with Gasteiger partial charge >= 0.3 is 0 Å². The molecular formula is C22H24IN5O2S. The van der Waals surface area contributed by atoms with Gasteiger partial charge in [0.2, 0.25) is 10.0 Å². The van der Waals surface area contributed by atoms with Gasteiger partial charge in [-0.1, -0.05) is 6.08 Å². The average molecular weight is 549 g/mol. The van der Waals surface area contributed by atoms with Crippen LogP contribution in [0.4, 0.5) is 0 Å². The normalized spacial score (nSPS) is 23.0. The molecule has 1 fully saturated rings. The van der Waals surface area contributed by atoms with E-state index in [2.05, 4.69) is 44.1 Å². The molecule has 3 aromatic rings. The molecule has 1 aliphatic heterocycles. The molecule has 31 heavy (non-hydrogen) atoms. The van der Waals surface area contributed by atoms with Crippen molar-refractivity contribution in [2.24, 2.45) is 0 Å². The summed E-state index contributed by atoms with van der Waals surface area (Å²) in [7, 11) is -3.74. The van der Waals surface area contributed by atoms with Gasteiger partial charge in [-0.25, -0.2) is 17.4 Å². The van der Waals surface area contributed by atoms with E-state index >= 15 is 0 Å². The van der Waals surface area contributed by atoms with Crippen LogP contribution in [0.5, 0.6) is 0 Å². The summed E-state index contributed by atoms with van der Waals surface area (Å²) in [5.74, 6) is 0. The van der Waals surface area contributed by atoms with Crippen LogP contribution in [0.2, 0.25) is 0 Å². The lowest BCUT2D eigenvalue weighted by atomic mass is 9.94. The second kappa shape index (κ2) is 7.86. The third-order valence-corrected chi connectivity index (χ3v) is 9.12. The van der Waals surface area contributed by atoms with Crippen molar-refractivity contribution in [1.82, 2.24) is 24.1 Å². The topological polar surface area (TPSA) is 81.8 Å². The van der Waals surface area contributed by atoms with Crippen LogP contribution in [0.25, 0.3) is 16.6 Å². The minimum atomic E-state index is -3.74. The monoisotopic (exact) mass is 549 g/mol. The third kappa shape index (κ3) is 3.66. The van der Waals surface area contributed by atoms with Crippen molar-refractivity contribution < 1.29 is 8.42 Å². The number of fused-ring (bicyclic) bond motifs is 1. The number of halogens is 1. The summed E-state index contributed by atoms with van der Waals surface area (Å²) in [4.78, 5) is 4.31. The van der Waals surface area contributed by atoms with E-state index in [-0.39, 0.29) is 0 Å². The Bertz CT molecular complexity index is 1300. The number of nitrogens with one attached hydrogen (secondary N) is 1. The van der Waals surface area contributed by atoms with Gasteiger partial charge in [0.05, 0.1) is 12.2 Å². The predicted octanol–water partition coefficient (Wildman–Crippen LogP) is 3.90. The van der Waals surface area contributed by atoms with E-state index in [9.17, 15) is 8.42 Å². The van der Waals surface area contributed by atoms with Crippen molar-refractivity contribution in [3.63, 3.8) is 0 Å². The summed E-state index contributed by atoms with van der Waals surface area (Å²) in [6, 6.07) is 5.86. The number of aromatic nitrogens is 4. The van der Waals surface area contributed by atoms with E-state index in [0.29, 0.717) is 18.1 Å². The van der Waals surface area contributed by atoms with Crippen LogP contribution < -0.4 is 5.32 Å². The van der Waals surface area contributed by atoms with Crippen LogP contribution in [0.1, 0.15) is 37.8 Å². The van der Waals surface area contributed by atoms with Crippen LogP contribution in [-0.4, -0.2) is 45.0 Å². The summed E-state index contributed by atoms with van der Waals surface area (Å²) in [5, 5.41) is 8.78. The second-order valence-corrected chi connectivity index (χ2v) is 12.1. The zero-order valence-corrected chi connectivity index (χ0v) is 20.2. The summed E-state index contributed by atoms with van der Waals surface area (Å²) in [5.41, 5.74) is 2.30. The molecule has 1 unspecified atom stereocenters. The molecule has 1 saturated heterocycles. The number of pyridine rings is 1. The minimum Gasteiger partial charge on any atom is -0.317 e. The van der Waals surface area contributed by atoms with Gasteiger partial charge in [0, 0.05) is 36.0 Å². The van der Waals surface area contributed by atoms with Crippen LogP contribution in [-0.2, 0) is 10.0 Å². The van der Waals surface area contributed by atoms with Crippen LogP contribution >= 0.6 is 22.6 Å². The highest BCUT2D eigenvalue weighted by atomic mass is 127. The predicted molar refractivity (Wildman–Crippen MR) is 131 cm³/mol. The molecule has 1 N–H and O–H groups in total. The maximum Gasteiger partial charge on any atom is 0.249 e. The average Bonchev–Trinajstić information content (AvgIpc) is 3.41. The number of nitrogens with zero attached hydrogens (tertiary/aromatic N) is 4. The van der Waals surface area contributed by atoms with E-state index < -0.39 is 14.8 Å². The maximum absolute atomic E-state index is 13.8. The summed E-state index contributed by atoms with van der Waals surface area (Å²) in [6.45, 7) is 3.78. The molecule has 1 atom stereocenters. The Kier molecular flexibility index (Phi) is 5.30. The number of allylic oxidation sites excluding steroid dienone is 3. The minimum absolute atomic E-state index is 0.384. The summed E-state index contributed by atoms with van der Waals surface area (Å²) < 4.78 is 30.8. The van der Waals surface area contributed by atoms with Crippen molar-refractivity contribution in [2.75, 3.05) is 13.1 Å². The molecule has 0 spiro atoms.